The molecule has 3 aromatic carbocycles. The number of aromatic amines is 1. The van der Waals surface area contributed by atoms with Crippen molar-refractivity contribution in [3.8, 4) is 17.1 Å². The van der Waals surface area contributed by atoms with E-state index in [0.717, 1.165) is 28.2 Å². The summed E-state index contributed by atoms with van der Waals surface area (Å²) in [6, 6.07) is 24.5. The maximum Gasteiger partial charge on any atom is 0.139 e. The van der Waals surface area contributed by atoms with Gasteiger partial charge in [0.25, 0.3) is 0 Å². The Hall–Kier alpha value is -2.72. The molecule has 0 bridgehead atoms. The second kappa shape index (κ2) is 6.42. The summed E-state index contributed by atoms with van der Waals surface area (Å²) < 4.78 is 5.22. The largest absolute Gasteiger partial charge is 0.497 e. The first-order valence-electron chi connectivity index (χ1n) is 7.69. The van der Waals surface area contributed by atoms with Crippen LogP contribution < -0.4 is 4.74 Å². The van der Waals surface area contributed by atoms with Gasteiger partial charge in [-0.15, -0.1) is 0 Å². The molecule has 1 aromatic heterocycles. The fourth-order valence-corrected chi connectivity index (χ4v) is 3.55. The number of H-pyrrole nitrogens is 1. The van der Waals surface area contributed by atoms with Crippen molar-refractivity contribution in [1.29, 1.82) is 0 Å². The lowest BCUT2D eigenvalue weighted by atomic mass is 10.2. The number of methoxy groups -OCH3 is 1. The van der Waals surface area contributed by atoms with Crippen LogP contribution in [0.15, 0.2) is 82.6 Å². The normalized spacial score (nSPS) is 10.9. The summed E-state index contributed by atoms with van der Waals surface area (Å²) in [7, 11) is 1.68. The highest BCUT2D eigenvalue weighted by Gasteiger charge is 2.10. The lowest BCUT2D eigenvalue weighted by Gasteiger charge is -2.07. The Morgan fingerprint density at radius 2 is 1.62 bits per heavy atom. The molecule has 0 amide bonds. The molecule has 0 saturated heterocycles. The van der Waals surface area contributed by atoms with Gasteiger partial charge in [-0.2, -0.15) is 0 Å². The molecule has 4 rings (SSSR count). The zero-order valence-electron chi connectivity index (χ0n) is 13.2. The molecular formula is C20H16N2OS. The van der Waals surface area contributed by atoms with Gasteiger partial charge in [-0.05, 0) is 42.5 Å². The highest BCUT2D eigenvalue weighted by Crippen LogP contribution is 2.36. The monoisotopic (exact) mass is 332 g/mol. The number of benzene rings is 3. The average molecular weight is 332 g/mol. The molecule has 0 radical (unpaired) electrons. The van der Waals surface area contributed by atoms with Crippen LogP contribution in [0.4, 0.5) is 0 Å². The zero-order valence-corrected chi connectivity index (χ0v) is 14.0. The van der Waals surface area contributed by atoms with E-state index in [-0.39, 0.29) is 0 Å². The van der Waals surface area contributed by atoms with Crippen LogP contribution in [0, 0.1) is 0 Å². The molecule has 0 aliphatic carbocycles. The van der Waals surface area contributed by atoms with Gasteiger partial charge in [0.1, 0.15) is 11.6 Å². The van der Waals surface area contributed by atoms with Crippen LogP contribution >= 0.6 is 11.8 Å². The van der Waals surface area contributed by atoms with Crippen molar-refractivity contribution in [2.75, 3.05) is 7.11 Å². The van der Waals surface area contributed by atoms with Crippen LogP contribution in [-0.2, 0) is 0 Å². The number of imidazole rings is 1. The lowest BCUT2D eigenvalue weighted by Crippen LogP contribution is -1.85. The molecule has 24 heavy (non-hydrogen) atoms. The summed E-state index contributed by atoms with van der Waals surface area (Å²) in [4.78, 5) is 10.5. The van der Waals surface area contributed by atoms with Crippen molar-refractivity contribution >= 4 is 22.8 Å². The fraction of sp³-hybridized carbons (Fsp3) is 0.0500. The molecule has 0 aliphatic heterocycles. The number of nitrogens with zero attached hydrogens (tertiary/aromatic N) is 1. The number of nitrogens with one attached hydrogen (secondary N) is 1. The Kier molecular flexibility index (Phi) is 3.97. The van der Waals surface area contributed by atoms with Crippen LogP contribution in [0.1, 0.15) is 0 Å². The van der Waals surface area contributed by atoms with Gasteiger partial charge in [0.15, 0.2) is 0 Å². The van der Waals surface area contributed by atoms with Crippen molar-refractivity contribution in [2.45, 2.75) is 9.79 Å². The molecular weight excluding hydrogens is 316 g/mol. The first kappa shape index (κ1) is 14.8. The molecule has 4 heteroatoms. The quantitative estimate of drug-likeness (QED) is 0.544. The first-order chi connectivity index (χ1) is 11.8. The number of ether oxygens (including phenoxy) is 1. The Morgan fingerprint density at radius 3 is 2.42 bits per heavy atom. The molecule has 0 unspecified atom stereocenters. The molecule has 0 atom stereocenters. The van der Waals surface area contributed by atoms with Gasteiger partial charge < -0.3 is 9.72 Å². The molecule has 4 aromatic rings. The predicted molar refractivity (Wildman–Crippen MR) is 98.6 cm³/mol. The molecule has 3 nitrogen and oxygen atoms in total. The van der Waals surface area contributed by atoms with E-state index in [1.54, 1.807) is 18.9 Å². The maximum atomic E-state index is 5.22. The molecule has 0 spiro atoms. The number of hydrogen-bond donors (Lipinski definition) is 1. The SMILES string of the molecule is COc1ccc(Sc2ccccc2-c2nc3ccccc3[nH]2)cc1. The van der Waals surface area contributed by atoms with Gasteiger partial charge >= 0.3 is 0 Å². The minimum absolute atomic E-state index is 0.866. The topological polar surface area (TPSA) is 37.9 Å². The van der Waals surface area contributed by atoms with Crippen molar-refractivity contribution in [1.82, 2.24) is 9.97 Å². The molecule has 118 valence electrons. The van der Waals surface area contributed by atoms with Gasteiger partial charge in [-0.3, -0.25) is 0 Å². The first-order valence-corrected chi connectivity index (χ1v) is 8.51. The lowest BCUT2D eigenvalue weighted by molar-refractivity contribution is 0.414. The minimum Gasteiger partial charge on any atom is -0.497 e. The van der Waals surface area contributed by atoms with Crippen LogP contribution in [-0.4, -0.2) is 17.1 Å². The minimum atomic E-state index is 0.866. The molecule has 0 aliphatic rings. The third-order valence-electron chi connectivity index (χ3n) is 3.82. The van der Waals surface area contributed by atoms with Crippen molar-refractivity contribution in [2.24, 2.45) is 0 Å². The van der Waals surface area contributed by atoms with E-state index in [0.29, 0.717) is 0 Å². The van der Waals surface area contributed by atoms with E-state index in [1.165, 1.54) is 9.79 Å². The summed E-state index contributed by atoms with van der Waals surface area (Å²) in [6.45, 7) is 0. The number of hydrogen-bond acceptors (Lipinski definition) is 3. The van der Waals surface area contributed by atoms with Gasteiger partial charge in [0, 0.05) is 15.4 Å². The molecule has 0 saturated carbocycles. The highest BCUT2D eigenvalue weighted by atomic mass is 32.2. The van der Waals surface area contributed by atoms with E-state index in [4.69, 9.17) is 9.72 Å². The van der Waals surface area contributed by atoms with Gasteiger partial charge in [0.05, 0.1) is 18.1 Å². The van der Waals surface area contributed by atoms with E-state index >= 15 is 0 Å². The third kappa shape index (κ3) is 2.88. The Bertz CT molecular complexity index is 943. The van der Waals surface area contributed by atoms with Crippen LogP contribution in [0.3, 0.4) is 0 Å². The zero-order chi connectivity index (χ0) is 16.4. The van der Waals surface area contributed by atoms with Crippen molar-refractivity contribution < 1.29 is 4.74 Å². The fourth-order valence-electron chi connectivity index (χ4n) is 2.60. The third-order valence-corrected chi connectivity index (χ3v) is 4.90. The summed E-state index contributed by atoms with van der Waals surface area (Å²) in [6.07, 6.45) is 0. The second-order valence-corrected chi connectivity index (χ2v) is 6.49. The van der Waals surface area contributed by atoms with Crippen molar-refractivity contribution in [3.05, 3.63) is 72.8 Å². The summed E-state index contributed by atoms with van der Waals surface area (Å²) in [5.74, 6) is 1.76. The smallest absolute Gasteiger partial charge is 0.139 e. The van der Waals surface area contributed by atoms with Crippen LogP contribution in [0.2, 0.25) is 0 Å². The standard InChI is InChI=1S/C20H16N2OS/c1-23-14-10-12-15(13-11-14)24-19-9-5-2-6-16(19)20-21-17-7-3-4-8-18(17)22-20/h2-13H,1H3,(H,21,22). The van der Waals surface area contributed by atoms with Crippen LogP contribution in [0.5, 0.6) is 5.75 Å². The van der Waals surface area contributed by atoms with E-state index in [9.17, 15) is 0 Å². The van der Waals surface area contributed by atoms with Gasteiger partial charge in [-0.25, -0.2) is 4.98 Å². The maximum absolute atomic E-state index is 5.22. The summed E-state index contributed by atoms with van der Waals surface area (Å²) in [5, 5.41) is 0. The Labute approximate surface area is 144 Å². The second-order valence-electron chi connectivity index (χ2n) is 5.38. The van der Waals surface area contributed by atoms with Crippen molar-refractivity contribution in [3.63, 3.8) is 0 Å². The average Bonchev–Trinajstić information content (AvgIpc) is 3.07. The molecule has 0 fully saturated rings. The van der Waals surface area contributed by atoms with Crippen LogP contribution in [0.25, 0.3) is 22.4 Å². The van der Waals surface area contributed by atoms with Gasteiger partial charge in [0.2, 0.25) is 0 Å². The number of para-hydroxylation sites is 2. The number of rotatable bonds is 4. The Balaban J connectivity index is 1.71. The summed E-state index contributed by atoms with van der Waals surface area (Å²) >= 11 is 1.72. The Morgan fingerprint density at radius 1 is 0.875 bits per heavy atom. The van der Waals surface area contributed by atoms with Gasteiger partial charge in [-0.1, -0.05) is 42.1 Å². The molecule has 1 heterocycles. The number of fused-ring (bicyclic) bond motifs is 1. The predicted octanol–water partition coefficient (Wildman–Crippen LogP) is 5.39. The molecule has 1 N–H and O–H groups in total. The van der Waals surface area contributed by atoms with E-state index in [2.05, 4.69) is 35.3 Å². The highest BCUT2D eigenvalue weighted by molar-refractivity contribution is 7.99. The summed E-state index contributed by atoms with van der Waals surface area (Å²) in [5.41, 5.74) is 3.14. The van der Waals surface area contributed by atoms with E-state index < -0.39 is 0 Å². The van der Waals surface area contributed by atoms with E-state index in [1.807, 2.05) is 42.5 Å². The number of aromatic nitrogens is 2.